The Hall–Kier alpha value is 0.110. The predicted molar refractivity (Wildman–Crippen MR) is 50.5 cm³/mol. The summed E-state index contributed by atoms with van der Waals surface area (Å²) >= 11 is 21.5. The van der Waals surface area contributed by atoms with E-state index < -0.39 is 10.5 Å². The van der Waals surface area contributed by atoms with Crippen LogP contribution in [0.3, 0.4) is 0 Å². The van der Waals surface area contributed by atoms with Gasteiger partial charge < -0.3 is 4.74 Å². The first-order valence-corrected chi connectivity index (χ1v) is 4.20. The highest BCUT2D eigenvalue weighted by Gasteiger charge is 2.32. The van der Waals surface area contributed by atoms with Crippen LogP contribution in [0, 0.1) is 0 Å². The number of alkyl halides is 2. The molecule has 0 radical (unpaired) electrons. The molecule has 0 N–H and O–H groups in total. The first kappa shape index (κ1) is 12.1. The SMILES string of the molecule is C=CC(=O)OC(Cl)(Cl)/C(Cl)=C/Cl. The van der Waals surface area contributed by atoms with Crippen LogP contribution < -0.4 is 0 Å². The summed E-state index contributed by atoms with van der Waals surface area (Å²) < 4.78 is 2.48. The lowest BCUT2D eigenvalue weighted by atomic mass is 10.6. The number of hydrogen-bond acceptors (Lipinski definition) is 2. The van der Waals surface area contributed by atoms with E-state index in [-0.39, 0.29) is 5.03 Å². The van der Waals surface area contributed by atoms with E-state index in [0.717, 1.165) is 11.6 Å². The molecule has 0 amide bonds. The van der Waals surface area contributed by atoms with Crippen LogP contribution in [-0.4, -0.2) is 10.5 Å². The molecule has 0 aromatic carbocycles. The van der Waals surface area contributed by atoms with Gasteiger partial charge in [0, 0.05) is 11.6 Å². The van der Waals surface area contributed by atoms with Crippen molar-refractivity contribution >= 4 is 52.4 Å². The van der Waals surface area contributed by atoms with E-state index >= 15 is 0 Å². The van der Waals surface area contributed by atoms with E-state index in [9.17, 15) is 4.79 Å². The van der Waals surface area contributed by atoms with Crippen molar-refractivity contribution in [3.8, 4) is 0 Å². The zero-order valence-electron chi connectivity index (χ0n) is 5.69. The summed E-state index contributed by atoms with van der Waals surface area (Å²) in [4.78, 5) is 10.6. The Morgan fingerprint density at radius 1 is 1.50 bits per heavy atom. The van der Waals surface area contributed by atoms with Gasteiger partial charge in [-0.3, -0.25) is 0 Å². The Morgan fingerprint density at radius 2 is 2.00 bits per heavy atom. The fraction of sp³-hybridized carbons (Fsp3) is 0.167. The van der Waals surface area contributed by atoms with Gasteiger partial charge in [-0.1, -0.05) is 53.0 Å². The number of hydrogen-bond donors (Lipinski definition) is 0. The van der Waals surface area contributed by atoms with Crippen molar-refractivity contribution in [2.24, 2.45) is 0 Å². The Kier molecular flexibility index (Phi) is 5.02. The molecule has 0 rings (SSSR count). The number of rotatable bonds is 3. The molecular weight excluding hydrogens is 246 g/mol. The second-order valence-corrected chi connectivity index (χ2v) is 3.48. The normalized spacial score (nSPS) is 12.5. The predicted octanol–water partition coefficient (Wildman–Crippen LogP) is 3.17. The monoisotopic (exact) mass is 248 g/mol. The van der Waals surface area contributed by atoms with Crippen LogP contribution in [0.5, 0.6) is 0 Å². The average molecular weight is 250 g/mol. The number of esters is 1. The fourth-order valence-corrected chi connectivity index (χ4v) is 0.845. The molecule has 0 atom stereocenters. The van der Waals surface area contributed by atoms with Crippen LogP contribution in [0.2, 0.25) is 0 Å². The van der Waals surface area contributed by atoms with Crippen LogP contribution in [-0.2, 0) is 9.53 Å². The lowest BCUT2D eigenvalue weighted by molar-refractivity contribution is -0.139. The van der Waals surface area contributed by atoms with Crippen molar-refractivity contribution in [2.75, 3.05) is 0 Å². The molecule has 6 heteroatoms. The molecule has 0 aliphatic carbocycles. The van der Waals surface area contributed by atoms with Gasteiger partial charge in [0.25, 0.3) is 4.52 Å². The van der Waals surface area contributed by atoms with E-state index in [1.807, 2.05) is 0 Å². The van der Waals surface area contributed by atoms with Crippen molar-refractivity contribution in [3.63, 3.8) is 0 Å². The number of carbonyl (C=O) groups excluding carboxylic acids is 1. The van der Waals surface area contributed by atoms with E-state index in [1.165, 1.54) is 0 Å². The molecule has 0 heterocycles. The van der Waals surface area contributed by atoms with Gasteiger partial charge in [0.1, 0.15) is 5.03 Å². The molecule has 0 aromatic rings. The van der Waals surface area contributed by atoms with Gasteiger partial charge in [-0.05, 0) is 0 Å². The molecule has 0 aliphatic heterocycles. The van der Waals surface area contributed by atoms with Gasteiger partial charge in [-0.15, -0.1) is 0 Å². The van der Waals surface area contributed by atoms with Gasteiger partial charge in [-0.2, -0.15) is 0 Å². The third-order valence-electron chi connectivity index (χ3n) is 0.769. The van der Waals surface area contributed by atoms with Crippen molar-refractivity contribution in [2.45, 2.75) is 4.52 Å². The van der Waals surface area contributed by atoms with Gasteiger partial charge in [0.2, 0.25) is 0 Å². The average Bonchev–Trinajstić information content (AvgIpc) is 2.02. The second kappa shape index (κ2) is 4.97. The van der Waals surface area contributed by atoms with Crippen LogP contribution in [0.4, 0.5) is 0 Å². The number of carbonyl (C=O) groups is 1. The topological polar surface area (TPSA) is 26.3 Å². The molecule has 0 unspecified atom stereocenters. The zero-order valence-corrected chi connectivity index (χ0v) is 8.71. The highest BCUT2D eigenvalue weighted by molar-refractivity contribution is 6.56. The standard InChI is InChI=1S/C6H4Cl4O2/c1-2-5(11)12-6(9,10)4(8)3-7/h2-3H,1H2/b4-3-. The highest BCUT2D eigenvalue weighted by Crippen LogP contribution is 2.34. The summed E-state index contributed by atoms with van der Waals surface area (Å²) in [6.07, 6.45) is 0.901. The van der Waals surface area contributed by atoms with E-state index in [2.05, 4.69) is 11.3 Å². The maximum absolute atomic E-state index is 10.6. The first-order chi connectivity index (χ1) is 5.44. The molecule has 12 heavy (non-hydrogen) atoms. The molecule has 0 saturated heterocycles. The maximum Gasteiger partial charge on any atom is 0.333 e. The molecule has 0 aromatic heterocycles. The Labute approximate surface area is 89.7 Å². The summed E-state index contributed by atoms with van der Waals surface area (Å²) in [5, 5.41) is -0.206. The van der Waals surface area contributed by atoms with Crippen molar-refractivity contribution in [3.05, 3.63) is 23.2 Å². The maximum atomic E-state index is 10.6. The fourth-order valence-electron chi connectivity index (χ4n) is 0.280. The Balaban J connectivity index is 4.42. The summed E-state index contributed by atoms with van der Waals surface area (Å²) in [6.45, 7) is 3.14. The number of ether oxygens (including phenoxy) is 1. The summed E-state index contributed by atoms with van der Waals surface area (Å²) in [7, 11) is 0. The van der Waals surface area contributed by atoms with E-state index in [1.54, 1.807) is 0 Å². The molecule has 0 saturated carbocycles. The van der Waals surface area contributed by atoms with Crippen LogP contribution >= 0.6 is 46.4 Å². The Bertz CT molecular complexity index is 222. The molecule has 0 bridgehead atoms. The van der Waals surface area contributed by atoms with Gasteiger partial charge >= 0.3 is 5.97 Å². The third-order valence-corrected chi connectivity index (χ3v) is 2.23. The van der Waals surface area contributed by atoms with Crippen molar-refractivity contribution in [1.29, 1.82) is 0 Å². The summed E-state index contributed by atoms with van der Waals surface area (Å²) in [5.41, 5.74) is 0.901. The minimum Gasteiger partial charge on any atom is -0.420 e. The lowest BCUT2D eigenvalue weighted by Gasteiger charge is -2.17. The van der Waals surface area contributed by atoms with Crippen LogP contribution in [0.25, 0.3) is 0 Å². The smallest absolute Gasteiger partial charge is 0.333 e. The lowest BCUT2D eigenvalue weighted by Crippen LogP contribution is -2.21. The molecule has 0 spiro atoms. The van der Waals surface area contributed by atoms with Gasteiger partial charge in [-0.25, -0.2) is 4.79 Å². The molecule has 0 fully saturated rings. The van der Waals surface area contributed by atoms with Gasteiger partial charge in [0.15, 0.2) is 0 Å². The summed E-state index contributed by atoms with van der Waals surface area (Å²) in [5.74, 6) is -0.795. The van der Waals surface area contributed by atoms with Crippen LogP contribution in [0.15, 0.2) is 23.2 Å². The minimum absolute atomic E-state index is 0.206. The molecule has 2 nitrogen and oxygen atoms in total. The molecular formula is C6H4Cl4O2. The van der Waals surface area contributed by atoms with E-state index in [4.69, 9.17) is 46.4 Å². The second-order valence-electron chi connectivity index (χ2n) is 1.60. The van der Waals surface area contributed by atoms with Crippen LogP contribution in [0.1, 0.15) is 0 Å². The highest BCUT2D eigenvalue weighted by atomic mass is 35.5. The largest absolute Gasteiger partial charge is 0.420 e. The molecule has 0 aliphatic rings. The number of halogens is 4. The Morgan fingerprint density at radius 3 is 2.33 bits per heavy atom. The molecule has 68 valence electrons. The van der Waals surface area contributed by atoms with Gasteiger partial charge in [0.05, 0.1) is 0 Å². The quantitative estimate of drug-likeness (QED) is 0.436. The van der Waals surface area contributed by atoms with Crippen molar-refractivity contribution < 1.29 is 9.53 Å². The van der Waals surface area contributed by atoms with E-state index in [0.29, 0.717) is 0 Å². The zero-order chi connectivity index (χ0) is 9.78. The van der Waals surface area contributed by atoms with Crippen molar-refractivity contribution in [1.82, 2.24) is 0 Å². The summed E-state index contributed by atoms with van der Waals surface area (Å²) in [6, 6.07) is 0. The minimum atomic E-state index is -1.95. The first-order valence-electron chi connectivity index (χ1n) is 2.63. The third kappa shape index (κ3) is 3.68.